The third-order valence-corrected chi connectivity index (χ3v) is 5.21. The molecule has 0 radical (unpaired) electrons. The van der Waals surface area contributed by atoms with Crippen LogP contribution in [0.25, 0.3) is 0 Å². The van der Waals surface area contributed by atoms with Crippen molar-refractivity contribution in [2.45, 2.75) is 25.7 Å². The molecule has 0 saturated carbocycles. The topological polar surface area (TPSA) is 32.8 Å². The Labute approximate surface area is 162 Å². The molecule has 1 heterocycles. The lowest BCUT2D eigenvalue weighted by Crippen LogP contribution is -2.36. The van der Waals surface area contributed by atoms with E-state index in [9.17, 15) is 4.79 Å². The Morgan fingerprint density at radius 2 is 1.78 bits per heavy atom. The van der Waals surface area contributed by atoms with Crippen molar-refractivity contribution >= 4 is 5.91 Å². The molecular weight excluding hydrogens is 336 g/mol. The standard InChI is InChI=1S/C23H30N2O2/c1-27-22-12-5-10-21(18-22)19-23(26)25-15-7-14-24(16-17-25)13-6-11-20-8-3-2-4-9-20/h2-5,8-10,12,18H,6-7,11,13-17,19H2,1H3. The van der Waals surface area contributed by atoms with Gasteiger partial charge in [-0.3, -0.25) is 4.79 Å². The zero-order valence-corrected chi connectivity index (χ0v) is 16.3. The molecule has 144 valence electrons. The lowest BCUT2D eigenvalue weighted by Gasteiger charge is -2.22. The van der Waals surface area contributed by atoms with E-state index in [0.717, 1.165) is 56.9 Å². The van der Waals surface area contributed by atoms with E-state index in [1.807, 2.05) is 29.2 Å². The number of carbonyl (C=O) groups is 1. The first-order valence-electron chi connectivity index (χ1n) is 9.91. The van der Waals surface area contributed by atoms with Gasteiger partial charge in [-0.05, 0) is 55.6 Å². The first-order valence-corrected chi connectivity index (χ1v) is 9.91. The second-order valence-electron chi connectivity index (χ2n) is 7.19. The van der Waals surface area contributed by atoms with E-state index in [4.69, 9.17) is 4.74 Å². The van der Waals surface area contributed by atoms with Crippen molar-refractivity contribution in [1.82, 2.24) is 9.80 Å². The highest BCUT2D eigenvalue weighted by atomic mass is 16.5. The van der Waals surface area contributed by atoms with Gasteiger partial charge in [-0.15, -0.1) is 0 Å². The van der Waals surface area contributed by atoms with Gasteiger partial charge >= 0.3 is 0 Å². The van der Waals surface area contributed by atoms with E-state index >= 15 is 0 Å². The number of rotatable bonds is 7. The van der Waals surface area contributed by atoms with Crippen LogP contribution in [-0.4, -0.2) is 55.5 Å². The van der Waals surface area contributed by atoms with Gasteiger partial charge in [-0.25, -0.2) is 0 Å². The van der Waals surface area contributed by atoms with Crippen molar-refractivity contribution in [3.63, 3.8) is 0 Å². The zero-order chi connectivity index (χ0) is 18.9. The van der Waals surface area contributed by atoms with E-state index in [-0.39, 0.29) is 5.91 Å². The summed E-state index contributed by atoms with van der Waals surface area (Å²) in [6.07, 6.45) is 3.79. The smallest absolute Gasteiger partial charge is 0.227 e. The maximum Gasteiger partial charge on any atom is 0.227 e. The van der Waals surface area contributed by atoms with E-state index < -0.39 is 0 Å². The van der Waals surface area contributed by atoms with Gasteiger partial charge in [-0.2, -0.15) is 0 Å². The van der Waals surface area contributed by atoms with E-state index in [0.29, 0.717) is 6.42 Å². The van der Waals surface area contributed by atoms with Crippen LogP contribution in [0.2, 0.25) is 0 Å². The molecule has 0 bridgehead atoms. The lowest BCUT2D eigenvalue weighted by atomic mass is 10.1. The molecule has 1 aliphatic heterocycles. The molecule has 2 aromatic rings. The van der Waals surface area contributed by atoms with E-state index in [2.05, 4.69) is 35.2 Å². The molecule has 0 aromatic heterocycles. The Hall–Kier alpha value is -2.33. The van der Waals surface area contributed by atoms with Crippen LogP contribution in [0, 0.1) is 0 Å². The Balaban J connectivity index is 1.44. The average molecular weight is 367 g/mol. The Bertz CT molecular complexity index is 717. The molecule has 0 unspecified atom stereocenters. The van der Waals surface area contributed by atoms with Gasteiger partial charge in [0.25, 0.3) is 0 Å². The molecule has 3 rings (SSSR count). The molecule has 1 aliphatic rings. The predicted molar refractivity (Wildman–Crippen MR) is 109 cm³/mol. The summed E-state index contributed by atoms with van der Waals surface area (Å²) in [7, 11) is 1.65. The summed E-state index contributed by atoms with van der Waals surface area (Å²) in [6, 6.07) is 18.5. The second-order valence-corrected chi connectivity index (χ2v) is 7.19. The first kappa shape index (κ1) is 19.4. The largest absolute Gasteiger partial charge is 0.497 e. The van der Waals surface area contributed by atoms with Crippen LogP contribution in [0.15, 0.2) is 54.6 Å². The quantitative estimate of drug-likeness (QED) is 0.753. The fourth-order valence-electron chi connectivity index (χ4n) is 3.66. The van der Waals surface area contributed by atoms with Crippen molar-refractivity contribution < 1.29 is 9.53 Å². The van der Waals surface area contributed by atoms with Gasteiger partial charge in [0, 0.05) is 19.6 Å². The predicted octanol–water partition coefficient (Wildman–Crippen LogP) is 3.40. The van der Waals surface area contributed by atoms with Crippen LogP contribution in [0.3, 0.4) is 0 Å². The molecule has 4 nitrogen and oxygen atoms in total. The summed E-state index contributed by atoms with van der Waals surface area (Å²) >= 11 is 0. The molecular formula is C23H30N2O2. The highest BCUT2D eigenvalue weighted by Gasteiger charge is 2.19. The Kier molecular flexibility index (Phi) is 7.28. The van der Waals surface area contributed by atoms with Crippen molar-refractivity contribution in [2.24, 2.45) is 0 Å². The van der Waals surface area contributed by atoms with Gasteiger partial charge < -0.3 is 14.5 Å². The summed E-state index contributed by atoms with van der Waals surface area (Å²) in [5, 5.41) is 0. The summed E-state index contributed by atoms with van der Waals surface area (Å²) in [5.74, 6) is 1.02. The number of aryl methyl sites for hydroxylation is 1. The summed E-state index contributed by atoms with van der Waals surface area (Å²) in [4.78, 5) is 17.2. The SMILES string of the molecule is COc1cccc(CC(=O)N2CCCN(CCCc3ccccc3)CC2)c1. The summed E-state index contributed by atoms with van der Waals surface area (Å²) in [6.45, 7) is 4.84. The minimum Gasteiger partial charge on any atom is -0.497 e. The normalized spacial score (nSPS) is 15.4. The number of benzene rings is 2. The van der Waals surface area contributed by atoms with Crippen molar-refractivity contribution in [2.75, 3.05) is 39.8 Å². The van der Waals surface area contributed by atoms with Crippen LogP contribution in [0.1, 0.15) is 24.0 Å². The third kappa shape index (κ3) is 6.10. The van der Waals surface area contributed by atoms with E-state index in [1.165, 1.54) is 12.0 Å². The van der Waals surface area contributed by atoms with Crippen molar-refractivity contribution in [3.8, 4) is 5.75 Å². The molecule has 0 atom stereocenters. The van der Waals surface area contributed by atoms with Crippen molar-refractivity contribution in [1.29, 1.82) is 0 Å². The zero-order valence-electron chi connectivity index (χ0n) is 16.3. The van der Waals surface area contributed by atoms with Crippen LogP contribution in [0.5, 0.6) is 5.75 Å². The molecule has 1 amide bonds. The number of amides is 1. The molecule has 2 aromatic carbocycles. The number of methoxy groups -OCH3 is 1. The number of carbonyl (C=O) groups excluding carboxylic acids is 1. The van der Waals surface area contributed by atoms with Crippen LogP contribution in [0.4, 0.5) is 0 Å². The summed E-state index contributed by atoms with van der Waals surface area (Å²) < 4.78 is 5.25. The maximum absolute atomic E-state index is 12.7. The van der Waals surface area contributed by atoms with Crippen LogP contribution in [-0.2, 0) is 17.6 Å². The fourth-order valence-corrected chi connectivity index (χ4v) is 3.66. The Morgan fingerprint density at radius 1 is 0.963 bits per heavy atom. The fraction of sp³-hybridized carbons (Fsp3) is 0.435. The molecule has 0 aliphatic carbocycles. The van der Waals surface area contributed by atoms with Gasteiger partial charge in [0.2, 0.25) is 5.91 Å². The minimum absolute atomic E-state index is 0.217. The molecule has 0 spiro atoms. The number of ether oxygens (including phenoxy) is 1. The van der Waals surface area contributed by atoms with E-state index in [1.54, 1.807) is 7.11 Å². The number of nitrogens with zero attached hydrogens (tertiary/aromatic N) is 2. The molecule has 1 saturated heterocycles. The van der Waals surface area contributed by atoms with Gasteiger partial charge in [-0.1, -0.05) is 42.5 Å². The van der Waals surface area contributed by atoms with Crippen molar-refractivity contribution in [3.05, 3.63) is 65.7 Å². The highest BCUT2D eigenvalue weighted by Crippen LogP contribution is 2.14. The molecule has 27 heavy (non-hydrogen) atoms. The third-order valence-electron chi connectivity index (χ3n) is 5.21. The van der Waals surface area contributed by atoms with Gasteiger partial charge in [0.15, 0.2) is 0 Å². The molecule has 0 N–H and O–H groups in total. The average Bonchev–Trinajstić information content (AvgIpc) is 2.95. The second kappa shape index (κ2) is 10.1. The Morgan fingerprint density at radius 3 is 2.59 bits per heavy atom. The molecule has 1 fully saturated rings. The summed E-state index contributed by atoms with van der Waals surface area (Å²) in [5.41, 5.74) is 2.42. The highest BCUT2D eigenvalue weighted by molar-refractivity contribution is 5.79. The van der Waals surface area contributed by atoms with Gasteiger partial charge in [0.05, 0.1) is 13.5 Å². The lowest BCUT2D eigenvalue weighted by molar-refractivity contribution is -0.130. The number of hydrogen-bond donors (Lipinski definition) is 0. The molecule has 4 heteroatoms. The number of hydrogen-bond acceptors (Lipinski definition) is 3. The maximum atomic E-state index is 12.7. The monoisotopic (exact) mass is 366 g/mol. The van der Waals surface area contributed by atoms with Crippen LogP contribution < -0.4 is 4.74 Å². The van der Waals surface area contributed by atoms with Crippen LogP contribution >= 0.6 is 0 Å². The first-order chi connectivity index (χ1) is 13.2. The van der Waals surface area contributed by atoms with Gasteiger partial charge in [0.1, 0.15) is 5.75 Å². The minimum atomic E-state index is 0.217.